The second-order valence-corrected chi connectivity index (χ2v) is 6.04. The summed E-state index contributed by atoms with van der Waals surface area (Å²) in [4.78, 5) is 46.2. The minimum absolute atomic E-state index is 0.0492. The number of piperidine rings is 2. The normalized spacial score (nSPS) is 29.2. The van der Waals surface area contributed by atoms with Crippen molar-refractivity contribution < 1.29 is 19.2 Å². The highest BCUT2D eigenvalue weighted by Crippen LogP contribution is 2.25. The van der Waals surface area contributed by atoms with E-state index in [4.69, 9.17) is 0 Å². The SMILES string of the molecule is C[C@@H]1C[C@@H](C)/C(=C/C(=O)CC2CC(=O)NC(=O)C2)NC1=O. The molecule has 2 fully saturated rings. The summed E-state index contributed by atoms with van der Waals surface area (Å²) in [5, 5.41) is 4.98. The number of allylic oxidation sites excluding steroid dienone is 2. The Labute approximate surface area is 123 Å². The molecule has 0 aliphatic carbocycles. The van der Waals surface area contributed by atoms with Gasteiger partial charge in [0.2, 0.25) is 17.7 Å². The number of hydrogen-bond donors (Lipinski definition) is 2. The maximum Gasteiger partial charge on any atom is 0.226 e. The Morgan fingerprint density at radius 3 is 2.33 bits per heavy atom. The summed E-state index contributed by atoms with van der Waals surface area (Å²) in [6, 6.07) is 0. The molecule has 3 amide bonds. The fraction of sp³-hybridized carbons (Fsp3) is 0.600. The van der Waals surface area contributed by atoms with E-state index in [0.717, 1.165) is 6.42 Å². The molecule has 6 heteroatoms. The molecule has 2 atom stereocenters. The molecule has 2 heterocycles. The molecule has 0 aromatic carbocycles. The number of carbonyl (C=O) groups excluding carboxylic acids is 4. The lowest BCUT2D eigenvalue weighted by Gasteiger charge is -2.27. The van der Waals surface area contributed by atoms with Gasteiger partial charge in [-0.2, -0.15) is 0 Å². The van der Waals surface area contributed by atoms with Crippen LogP contribution in [0.1, 0.15) is 39.5 Å². The first-order chi connectivity index (χ1) is 9.85. The van der Waals surface area contributed by atoms with E-state index in [-0.39, 0.29) is 60.5 Å². The van der Waals surface area contributed by atoms with Gasteiger partial charge < -0.3 is 5.32 Å². The van der Waals surface area contributed by atoms with Gasteiger partial charge in [-0.1, -0.05) is 13.8 Å². The lowest BCUT2D eigenvalue weighted by atomic mass is 9.87. The summed E-state index contributed by atoms with van der Waals surface area (Å²) in [5.41, 5.74) is 0.634. The molecule has 0 aromatic heterocycles. The molecule has 0 bridgehead atoms. The van der Waals surface area contributed by atoms with Crippen molar-refractivity contribution in [3.8, 4) is 0 Å². The third kappa shape index (κ3) is 4.00. The van der Waals surface area contributed by atoms with Gasteiger partial charge in [0.05, 0.1) is 0 Å². The maximum absolute atomic E-state index is 12.1. The second kappa shape index (κ2) is 6.20. The fourth-order valence-electron chi connectivity index (χ4n) is 2.85. The van der Waals surface area contributed by atoms with Gasteiger partial charge in [-0.05, 0) is 18.3 Å². The molecule has 0 aromatic rings. The third-order valence-corrected chi connectivity index (χ3v) is 3.99. The number of carbonyl (C=O) groups is 4. The van der Waals surface area contributed by atoms with Crippen molar-refractivity contribution in [1.82, 2.24) is 10.6 Å². The summed E-state index contributed by atoms with van der Waals surface area (Å²) in [6.45, 7) is 3.82. The first kappa shape index (κ1) is 15.4. The molecule has 21 heavy (non-hydrogen) atoms. The molecule has 2 N–H and O–H groups in total. The molecular formula is C15H20N2O4. The quantitative estimate of drug-likeness (QED) is 0.591. The second-order valence-electron chi connectivity index (χ2n) is 6.04. The lowest BCUT2D eigenvalue weighted by molar-refractivity contribution is -0.135. The van der Waals surface area contributed by atoms with Crippen molar-refractivity contribution >= 4 is 23.5 Å². The first-order valence-corrected chi connectivity index (χ1v) is 7.23. The maximum atomic E-state index is 12.1. The van der Waals surface area contributed by atoms with E-state index in [1.807, 2.05) is 13.8 Å². The number of hydrogen-bond acceptors (Lipinski definition) is 4. The topological polar surface area (TPSA) is 92.3 Å². The molecule has 0 saturated carbocycles. The number of rotatable bonds is 3. The van der Waals surface area contributed by atoms with Gasteiger partial charge in [0, 0.05) is 37.0 Å². The number of nitrogens with one attached hydrogen (secondary N) is 2. The van der Waals surface area contributed by atoms with Crippen LogP contribution >= 0.6 is 0 Å². The van der Waals surface area contributed by atoms with Crippen LogP contribution in [0, 0.1) is 17.8 Å². The number of imide groups is 1. The predicted octanol–water partition coefficient (Wildman–Crippen LogP) is 0.674. The van der Waals surface area contributed by atoms with Crippen molar-refractivity contribution in [3.05, 3.63) is 11.8 Å². The molecule has 6 nitrogen and oxygen atoms in total. The summed E-state index contributed by atoms with van der Waals surface area (Å²) in [5.74, 6) is -1.05. The third-order valence-electron chi connectivity index (χ3n) is 3.99. The Kier molecular flexibility index (Phi) is 4.55. The van der Waals surface area contributed by atoms with Gasteiger partial charge >= 0.3 is 0 Å². The molecule has 0 radical (unpaired) electrons. The van der Waals surface area contributed by atoms with Crippen LogP contribution < -0.4 is 10.6 Å². The van der Waals surface area contributed by atoms with E-state index in [2.05, 4.69) is 10.6 Å². The Hall–Kier alpha value is -1.98. The van der Waals surface area contributed by atoms with Crippen LogP contribution in [0.15, 0.2) is 11.8 Å². The molecular weight excluding hydrogens is 272 g/mol. The van der Waals surface area contributed by atoms with Crippen LogP contribution in [-0.4, -0.2) is 23.5 Å². The van der Waals surface area contributed by atoms with Crippen LogP contribution in [0.4, 0.5) is 0 Å². The lowest BCUT2D eigenvalue weighted by Crippen LogP contribution is -2.39. The number of amides is 3. The summed E-state index contributed by atoms with van der Waals surface area (Å²) < 4.78 is 0. The molecule has 2 saturated heterocycles. The Morgan fingerprint density at radius 2 is 1.71 bits per heavy atom. The van der Waals surface area contributed by atoms with Crippen molar-refractivity contribution in [1.29, 1.82) is 0 Å². The largest absolute Gasteiger partial charge is 0.329 e. The van der Waals surface area contributed by atoms with Gasteiger partial charge in [-0.25, -0.2) is 0 Å². The molecule has 2 aliphatic heterocycles. The van der Waals surface area contributed by atoms with E-state index in [0.29, 0.717) is 5.70 Å². The van der Waals surface area contributed by atoms with Crippen molar-refractivity contribution in [2.75, 3.05) is 0 Å². The molecule has 0 unspecified atom stereocenters. The van der Waals surface area contributed by atoms with Gasteiger partial charge in [0.25, 0.3) is 0 Å². The number of ketones is 1. The molecule has 2 rings (SSSR count). The summed E-state index contributed by atoms with van der Waals surface area (Å²) >= 11 is 0. The van der Waals surface area contributed by atoms with Crippen molar-refractivity contribution in [3.63, 3.8) is 0 Å². The summed E-state index contributed by atoms with van der Waals surface area (Å²) in [6.07, 6.45) is 2.71. The van der Waals surface area contributed by atoms with Crippen LogP contribution in [0.25, 0.3) is 0 Å². The van der Waals surface area contributed by atoms with Crippen LogP contribution in [0.3, 0.4) is 0 Å². The van der Waals surface area contributed by atoms with E-state index < -0.39 is 0 Å². The standard InChI is InChI=1S/C15H20N2O4/c1-8-3-9(2)15(21)16-12(8)7-11(18)4-10-5-13(19)17-14(20)6-10/h7-10H,3-6H2,1-2H3,(H,16,21)(H,17,19,20)/b12-7-/t8-,9-/m1/s1. The Bertz CT molecular complexity index is 508. The smallest absolute Gasteiger partial charge is 0.226 e. The zero-order valence-electron chi connectivity index (χ0n) is 12.3. The van der Waals surface area contributed by atoms with E-state index in [1.165, 1.54) is 6.08 Å². The predicted molar refractivity (Wildman–Crippen MR) is 74.7 cm³/mol. The highest BCUT2D eigenvalue weighted by Gasteiger charge is 2.29. The van der Waals surface area contributed by atoms with Crippen LogP contribution in [-0.2, 0) is 19.2 Å². The van der Waals surface area contributed by atoms with Gasteiger partial charge in [-0.15, -0.1) is 0 Å². The van der Waals surface area contributed by atoms with Crippen molar-refractivity contribution in [2.24, 2.45) is 17.8 Å². The van der Waals surface area contributed by atoms with Gasteiger partial charge in [-0.3, -0.25) is 24.5 Å². The Morgan fingerprint density at radius 1 is 1.10 bits per heavy atom. The minimum atomic E-state index is -0.329. The highest BCUT2D eigenvalue weighted by molar-refractivity contribution is 5.99. The van der Waals surface area contributed by atoms with E-state index >= 15 is 0 Å². The zero-order chi connectivity index (χ0) is 15.6. The summed E-state index contributed by atoms with van der Waals surface area (Å²) in [7, 11) is 0. The van der Waals surface area contributed by atoms with Gasteiger partial charge in [0.1, 0.15) is 0 Å². The molecule has 0 spiro atoms. The minimum Gasteiger partial charge on any atom is -0.329 e. The zero-order valence-corrected chi connectivity index (χ0v) is 12.3. The first-order valence-electron chi connectivity index (χ1n) is 7.23. The average molecular weight is 292 g/mol. The van der Waals surface area contributed by atoms with Crippen LogP contribution in [0.2, 0.25) is 0 Å². The molecule has 114 valence electrons. The van der Waals surface area contributed by atoms with E-state index in [1.54, 1.807) is 0 Å². The molecule has 2 aliphatic rings. The van der Waals surface area contributed by atoms with Crippen LogP contribution in [0.5, 0.6) is 0 Å². The van der Waals surface area contributed by atoms with Gasteiger partial charge in [0.15, 0.2) is 5.78 Å². The fourth-order valence-corrected chi connectivity index (χ4v) is 2.85. The van der Waals surface area contributed by atoms with E-state index in [9.17, 15) is 19.2 Å². The monoisotopic (exact) mass is 292 g/mol. The average Bonchev–Trinajstić information content (AvgIpc) is 2.34. The van der Waals surface area contributed by atoms with Crippen molar-refractivity contribution in [2.45, 2.75) is 39.5 Å². The highest BCUT2D eigenvalue weighted by atomic mass is 16.2. The Balaban J connectivity index is 1.97.